The maximum Gasteiger partial charge on any atom is 0.306 e. The van der Waals surface area contributed by atoms with Gasteiger partial charge in [0.05, 0.1) is 25.0 Å². The van der Waals surface area contributed by atoms with Gasteiger partial charge in [-0.2, -0.15) is 0 Å². The molecule has 1 aromatic rings. The first-order chi connectivity index (χ1) is 29.2. The summed E-state index contributed by atoms with van der Waals surface area (Å²) in [5.74, 6) is -1.93. The zero-order valence-electron chi connectivity index (χ0n) is 36.3. The first-order valence-corrected chi connectivity index (χ1v) is 22.7. The molecule has 10 atom stereocenters. The van der Waals surface area contributed by atoms with Crippen LogP contribution in [-0.4, -0.2) is 81.8 Å². The van der Waals surface area contributed by atoms with Gasteiger partial charge in [0.25, 0.3) is 0 Å². The van der Waals surface area contributed by atoms with E-state index >= 15 is 0 Å². The van der Waals surface area contributed by atoms with Gasteiger partial charge in [0, 0.05) is 42.6 Å². The first kappa shape index (κ1) is 46.3. The molecular weight excluding hydrogens is 775 g/mol. The molecule has 1 aromatic carbocycles. The molecule has 4 N–H and O–H groups in total. The Bertz CT molecular complexity index is 1880. The van der Waals surface area contributed by atoms with Crippen LogP contribution in [0.1, 0.15) is 123 Å². The third-order valence-corrected chi connectivity index (χ3v) is 14.9. The fourth-order valence-electron chi connectivity index (χ4n) is 11.2. The van der Waals surface area contributed by atoms with Crippen molar-refractivity contribution in [3.8, 4) is 0 Å². The van der Waals surface area contributed by atoms with E-state index < -0.39 is 53.7 Å². The Morgan fingerprint density at radius 1 is 0.967 bits per heavy atom. The second kappa shape index (κ2) is 20.3. The zero-order valence-corrected chi connectivity index (χ0v) is 36.3. The van der Waals surface area contributed by atoms with Crippen molar-refractivity contribution in [1.29, 1.82) is 0 Å². The number of fused-ring (bicyclic) bond motifs is 5. The SMILES string of the molecule is CCNC(=O)CCC/C=C\C[C@@H]1[C@@H](/C=C/[C@H](CCc2ccccc2)OC(=O)CCC(=O)OCC(=O)[C@@]2(O)CC[C@H]3[C@@H]4CCC5=CC(=O)CC[C@]5(C)C4=CC[C@@]32C)[C@H](O)C[C@@H]1O. The van der Waals surface area contributed by atoms with Gasteiger partial charge in [-0.15, -0.1) is 0 Å². The minimum atomic E-state index is -1.65. The Balaban J connectivity index is 1.01. The van der Waals surface area contributed by atoms with Crippen LogP contribution in [0.2, 0.25) is 0 Å². The van der Waals surface area contributed by atoms with E-state index in [9.17, 15) is 39.3 Å². The van der Waals surface area contributed by atoms with E-state index in [0.29, 0.717) is 57.9 Å². The third-order valence-electron chi connectivity index (χ3n) is 14.9. The number of hydrogen-bond acceptors (Lipinski definition) is 10. The molecule has 0 saturated heterocycles. The van der Waals surface area contributed by atoms with E-state index in [2.05, 4.69) is 18.3 Å². The second-order valence-corrected chi connectivity index (χ2v) is 18.6. The summed E-state index contributed by atoms with van der Waals surface area (Å²) in [6.45, 7) is 6.14. The summed E-state index contributed by atoms with van der Waals surface area (Å²) in [6.07, 6.45) is 17.3. The summed E-state index contributed by atoms with van der Waals surface area (Å²) in [5, 5.41) is 36.5. The molecule has 332 valence electrons. The molecule has 11 nitrogen and oxygen atoms in total. The first-order valence-electron chi connectivity index (χ1n) is 22.7. The van der Waals surface area contributed by atoms with Crippen molar-refractivity contribution in [3.63, 3.8) is 0 Å². The zero-order chi connectivity index (χ0) is 43.8. The number of esters is 2. The minimum absolute atomic E-state index is 0.0272. The van der Waals surface area contributed by atoms with Gasteiger partial charge in [0.15, 0.2) is 12.4 Å². The van der Waals surface area contributed by atoms with E-state index in [1.54, 1.807) is 6.08 Å². The van der Waals surface area contributed by atoms with E-state index in [1.165, 1.54) is 11.1 Å². The lowest BCUT2D eigenvalue weighted by molar-refractivity contribution is -0.164. The van der Waals surface area contributed by atoms with Gasteiger partial charge in [-0.3, -0.25) is 24.0 Å². The maximum atomic E-state index is 13.7. The van der Waals surface area contributed by atoms with Crippen molar-refractivity contribution in [2.45, 2.75) is 147 Å². The molecule has 5 aliphatic carbocycles. The van der Waals surface area contributed by atoms with Crippen LogP contribution in [0.15, 0.2) is 77.9 Å². The van der Waals surface area contributed by atoms with Gasteiger partial charge in [-0.05, 0) is 113 Å². The van der Waals surface area contributed by atoms with Gasteiger partial charge in [0.2, 0.25) is 11.7 Å². The number of ketones is 2. The van der Waals surface area contributed by atoms with Crippen LogP contribution < -0.4 is 5.32 Å². The summed E-state index contributed by atoms with van der Waals surface area (Å²) in [5.41, 5.74) is 1.09. The van der Waals surface area contributed by atoms with Crippen molar-refractivity contribution >= 4 is 29.4 Å². The van der Waals surface area contributed by atoms with Gasteiger partial charge in [0.1, 0.15) is 11.7 Å². The van der Waals surface area contributed by atoms with Gasteiger partial charge in [-0.25, -0.2) is 0 Å². The molecule has 6 rings (SSSR count). The summed E-state index contributed by atoms with van der Waals surface area (Å²) >= 11 is 0. The molecule has 0 heterocycles. The smallest absolute Gasteiger partial charge is 0.306 e. The number of allylic oxidation sites excluding steroid dienone is 6. The fraction of sp³-hybridized carbons (Fsp3) is 0.620. The maximum absolute atomic E-state index is 13.7. The van der Waals surface area contributed by atoms with Gasteiger partial charge >= 0.3 is 11.9 Å². The number of aliphatic hydroxyl groups is 3. The van der Waals surface area contributed by atoms with Crippen LogP contribution >= 0.6 is 0 Å². The van der Waals surface area contributed by atoms with Crippen LogP contribution in [-0.2, 0) is 39.9 Å². The van der Waals surface area contributed by atoms with Crippen LogP contribution in [0.25, 0.3) is 0 Å². The average molecular weight is 842 g/mol. The molecule has 0 unspecified atom stereocenters. The Hall–Kier alpha value is -4.19. The number of ether oxygens (including phenoxy) is 2. The highest BCUT2D eigenvalue weighted by Crippen LogP contribution is 2.65. The number of Topliss-reactive ketones (excluding diaryl/α,β-unsaturated/α-hetero) is 1. The molecule has 0 aromatic heterocycles. The topological polar surface area (TPSA) is 177 Å². The predicted octanol–water partition coefficient (Wildman–Crippen LogP) is 6.77. The summed E-state index contributed by atoms with van der Waals surface area (Å²) < 4.78 is 11.3. The molecule has 0 bridgehead atoms. The number of aliphatic hydroxyl groups excluding tert-OH is 2. The molecule has 0 aliphatic heterocycles. The lowest BCUT2D eigenvalue weighted by Gasteiger charge is -2.54. The highest BCUT2D eigenvalue weighted by atomic mass is 16.5. The molecule has 0 spiro atoms. The van der Waals surface area contributed by atoms with Crippen LogP contribution in [0.5, 0.6) is 0 Å². The number of aryl methyl sites for hydroxylation is 1. The van der Waals surface area contributed by atoms with Crippen LogP contribution in [0.3, 0.4) is 0 Å². The van der Waals surface area contributed by atoms with Crippen molar-refractivity contribution < 1.29 is 48.8 Å². The minimum Gasteiger partial charge on any atom is -0.458 e. The van der Waals surface area contributed by atoms with Gasteiger partial charge < -0.3 is 30.1 Å². The summed E-state index contributed by atoms with van der Waals surface area (Å²) in [6, 6.07) is 9.79. The normalized spacial score (nSPS) is 32.4. The van der Waals surface area contributed by atoms with Crippen molar-refractivity contribution in [1.82, 2.24) is 5.32 Å². The highest BCUT2D eigenvalue weighted by Gasteiger charge is 2.64. The van der Waals surface area contributed by atoms with E-state index in [-0.39, 0.29) is 60.0 Å². The Kier molecular flexibility index (Phi) is 15.4. The van der Waals surface area contributed by atoms with Crippen LogP contribution in [0.4, 0.5) is 0 Å². The Morgan fingerprint density at radius 2 is 1.74 bits per heavy atom. The predicted molar refractivity (Wildman–Crippen MR) is 231 cm³/mol. The van der Waals surface area contributed by atoms with E-state index in [0.717, 1.165) is 37.7 Å². The number of carbonyl (C=O) groups is 5. The molecule has 11 heteroatoms. The molecular formula is C50H67NO10. The number of carbonyl (C=O) groups excluding carboxylic acids is 5. The Labute approximate surface area is 361 Å². The molecule has 3 saturated carbocycles. The highest BCUT2D eigenvalue weighted by molar-refractivity contribution is 5.92. The number of hydrogen-bond donors (Lipinski definition) is 4. The largest absolute Gasteiger partial charge is 0.458 e. The fourth-order valence-corrected chi connectivity index (χ4v) is 11.2. The van der Waals surface area contributed by atoms with Crippen LogP contribution in [0, 0.1) is 34.5 Å². The number of benzene rings is 1. The standard InChI is InChI=1S/C50H67NO10/c1-4-51-45(56)15-11-6-5-10-14-37-38(43(54)31-42(37)53)21-19-36(18-16-33-12-8-7-9-13-33)61-47(58)23-22-46(57)60-32-44(55)50(59)29-26-41-39-20-17-34-30-35(52)24-27-48(34,2)40(39)25-28-49(41,50)3/h5,7-10,12-13,19,21,25,30,36-39,41-43,53-54,59H,4,6,11,14-18,20,22-24,26-29,31-32H2,1-3H3,(H,51,56)/b10-5-,21-19+/t36-,37+,38+,39+,41-,42-,43+,48-,49-,50-/m0/s1. The lowest BCUT2D eigenvalue weighted by Crippen LogP contribution is -2.55. The third kappa shape index (κ3) is 10.5. The van der Waals surface area contributed by atoms with Crippen molar-refractivity contribution in [3.05, 3.63) is 83.5 Å². The Morgan fingerprint density at radius 3 is 2.51 bits per heavy atom. The number of amides is 1. The lowest BCUT2D eigenvalue weighted by atomic mass is 9.50. The number of rotatable bonds is 19. The van der Waals surface area contributed by atoms with Gasteiger partial charge in [-0.1, -0.05) is 79.6 Å². The second-order valence-electron chi connectivity index (χ2n) is 18.6. The number of unbranched alkanes of at least 4 members (excludes halogenated alkanes) is 1. The summed E-state index contributed by atoms with van der Waals surface area (Å²) in [4.78, 5) is 63.8. The van der Waals surface area contributed by atoms with Crippen molar-refractivity contribution in [2.75, 3.05) is 13.2 Å². The average Bonchev–Trinajstić information content (AvgIpc) is 3.68. The molecule has 0 radical (unpaired) electrons. The van der Waals surface area contributed by atoms with E-state index in [1.807, 2.05) is 68.5 Å². The molecule has 3 fully saturated rings. The summed E-state index contributed by atoms with van der Waals surface area (Å²) in [7, 11) is 0. The van der Waals surface area contributed by atoms with Crippen molar-refractivity contribution in [2.24, 2.45) is 34.5 Å². The quantitative estimate of drug-likeness (QED) is 0.0661. The van der Waals surface area contributed by atoms with E-state index in [4.69, 9.17) is 9.47 Å². The monoisotopic (exact) mass is 841 g/mol. The molecule has 1 amide bonds. The number of nitrogens with one attached hydrogen (secondary N) is 1. The molecule has 61 heavy (non-hydrogen) atoms. The molecule has 5 aliphatic rings.